The van der Waals surface area contributed by atoms with E-state index in [1.165, 1.54) is 22.9 Å². The second-order valence-electron chi connectivity index (χ2n) is 5.76. The van der Waals surface area contributed by atoms with Crippen LogP contribution in [0.25, 0.3) is 11.8 Å². The zero-order chi connectivity index (χ0) is 19.9. The topological polar surface area (TPSA) is 73.2 Å². The molecule has 28 heavy (non-hydrogen) atoms. The van der Waals surface area contributed by atoms with Gasteiger partial charge in [-0.15, -0.1) is 0 Å². The number of hydrogen-bond donors (Lipinski definition) is 1. The molecule has 2 aromatic carbocycles. The van der Waals surface area contributed by atoms with Gasteiger partial charge in [-0.05, 0) is 43.3 Å². The number of aromatic nitrogens is 2. The number of hydrogen-bond acceptors (Lipinski definition) is 4. The number of halogens is 1. The lowest BCUT2D eigenvalue weighted by Crippen LogP contribution is -2.09. The van der Waals surface area contributed by atoms with E-state index in [0.29, 0.717) is 16.9 Å². The van der Waals surface area contributed by atoms with Gasteiger partial charge >= 0.3 is 5.97 Å². The monoisotopic (exact) mass is 379 g/mol. The Hall–Kier alpha value is -3.74. The molecule has 1 aromatic heterocycles. The molecular weight excluding hydrogens is 361 g/mol. The number of benzene rings is 2. The third-order valence-corrected chi connectivity index (χ3v) is 3.77. The molecule has 0 fully saturated rings. The zero-order valence-electron chi connectivity index (χ0n) is 15.1. The summed E-state index contributed by atoms with van der Waals surface area (Å²) in [6.45, 7) is 2.00. The highest BCUT2D eigenvalue weighted by Crippen LogP contribution is 2.15. The number of rotatable bonds is 6. The molecule has 7 heteroatoms. The summed E-state index contributed by atoms with van der Waals surface area (Å²) in [6, 6.07) is 14.7. The quantitative estimate of drug-likeness (QED) is 0.522. The molecule has 3 aromatic rings. The van der Waals surface area contributed by atoms with Crippen molar-refractivity contribution in [1.29, 1.82) is 0 Å². The standard InChI is InChI=1S/C21H18FN3O3/c1-2-28-21(27)19-12-13-25(24-19)17-8-5-7-16(14-17)23-20(26)11-10-15-6-3-4-9-18(15)22/h3-14H,2H2,1H3,(H,23,26). The van der Waals surface area contributed by atoms with Crippen LogP contribution in [-0.2, 0) is 9.53 Å². The number of nitrogens with one attached hydrogen (secondary N) is 1. The number of carbonyl (C=O) groups is 2. The predicted octanol–water partition coefficient (Wildman–Crippen LogP) is 3.84. The van der Waals surface area contributed by atoms with Crippen molar-refractivity contribution < 1.29 is 18.7 Å². The van der Waals surface area contributed by atoms with E-state index in [0.717, 1.165) is 0 Å². The van der Waals surface area contributed by atoms with Gasteiger partial charge in [0.15, 0.2) is 5.69 Å². The molecule has 0 aliphatic carbocycles. The van der Waals surface area contributed by atoms with Crippen LogP contribution in [0, 0.1) is 5.82 Å². The van der Waals surface area contributed by atoms with Crippen molar-refractivity contribution >= 4 is 23.6 Å². The van der Waals surface area contributed by atoms with Gasteiger partial charge in [-0.25, -0.2) is 13.9 Å². The fraction of sp³-hybridized carbons (Fsp3) is 0.0952. The summed E-state index contributed by atoms with van der Waals surface area (Å²) in [6.07, 6.45) is 4.30. The molecule has 0 radical (unpaired) electrons. The van der Waals surface area contributed by atoms with Crippen LogP contribution in [0.4, 0.5) is 10.1 Å². The summed E-state index contributed by atoms with van der Waals surface area (Å²) in [7, 11) is 0. The summed E-state index contributed by atoms with van der Waals surface area (Å²) in [5.74, 6) is -1.29. The van der Waals surface area contributed by atoms with Crippen molar-refractivity contribution in [3.63, 3.8) is 0 Å². The van der Waals surface area contributed by atoms with E-state index in [1.807, 2.05) is 0 Å². The Balaban J connectivity index is 1.70. The largest absolute Gasteiger partial charge is 0.461 e. The second-order valence-corrected chi connectivity index (χ2v) is 5.76. The Kier molecular flexibility index (Phi) is 5.96. The average molecular weight is 379 g/mol. The molecule has 0 saturated heterocycles. The van der Waals surface area contributed by atoms with Crippen molar-refractivity contribution in [2.24, 2.45) is 0 Å². The second kappa shape index (κ2) is 8.77. The predicted molar refractivity (Wildman–Crippen MR) is 104 cm³/mol. The smallest absolute Gasteiger partial charge is 0.358 e. The molecule has 0 bridgehead atoms. The van der Waals surface area contributed by atoms with Crippen molar-refractivity contribution in [2.75, 3.05) is 11.9 Å². The molecule has 0 spiro atoms. The summed E-state index contributed by atoms with van der Waals surface area (Å²) in [4.78, 5) is 23.8. The summed E-state index contributed by atoms with van der Waals surface area (Å²) in [5.41, 5.74) is 1.72. The molecule has 3 rings (SSSR count). The highest BCUT2D eigenvalue weighted by atomic mass is 19.1. The van der Waals surface area contributed by atoms with Crippen molar-refractivity contribution in [3.8, 4) is 5.69 Å². The summed E-state index contributed by atoms with van der Waals surface area (Å²) >= 11 is 0. The van der Waals surface area contributed by atoms with Crippen LogP contribution >= 0.6 is 0 Å². The average Bonchev–Trinajstić information content (AvgIpc) is 3.18. The van der Waals surface area contributed by atoms with Crippen LogP contribution in [0.15, 0.2) is 66.9 Å². The molecular formula is C21H18FN3O3. The molecule has 0 atom stereocenters. The molecule has 0 saturated carbocycles. The Labute approximate surface area is 161 Å². The van der Waals surface area contributed by atoms with E-state index in [4.69, 9.17) is 4.74 Å². The maximum Gasteiger partial charge on any atom is 0.358 e. The number of esters is 1. The number of nitrogens with zero attached hydrogens (tertiary/aromatic N) is 2. The van der Waals surface area contributed by atoms with E-state index in [2.05, 4.69) is 10.4 Å². The van der Waals surface area contributed by atoms with E-state index >= 15 is 0 Å². The van der Waals surface area contributed by atoms with Gasteiger partial charge in [-0.1, -0.05) is 24.3 Å². The highest BCUT2D eigenvalue weighted by molar-refractivity contribution is 6.02. The maximum absolute atomic E-state index is 13.6. The SMILES string of the molecule is CCOC(=O)c1ccn(-c2cccc(NC(=O)C=Cc3ccccc3F)c2)n1. The van der Waals surface area contributed by atoms with Gasteiger partial charge in [-0.3, -0.25) is 4.79 Å². The first kappa shape index (κ1) is 19.0. The first-order valence-electron chi connectivity index (χ1n) is 8.63. The van der Waals surface area contributed by atoms with Crippen molar-refractivity contribution in [3.05, 3.63) is 83.9 Å². The summed E-state index contributed by atoms with van der Waals surface area (Å²) in [5, 5.41) is 6.89. The van der Waals surface area contributed by atoms with E-state index in [9.17, 15) is 14.0 Å². The number of ether oxygens (including phenoxy) is 1. The fourth-order valence-electron chi connectivity index (χ4n) is 2.47. The molecule has 1 N–H and O–H groups in total. The minimum Gasteiger partial charge on any atom is -0.461 e. The van der Waals surface area contributed by atoms with E-state index in [1.54, 1.807) is 61.7 Å². The lowest BCUT2D eigenvalue weighted by Gasteiger charge is -2.06. The van der Waals surface area contributed by atoms with Crippen LogP contribution in [0.2, 0.25) is 0 Å². The van der Waals surface area contributed by atoms with Gasteiger partial charge in [-0.2, -0.15) is 5.10 Å². The lowest BCUT2D eigenvalue weighted by atomic mass is 10.2. The minimum atomic E-state index is -0.496. The van der Waals surface area contributed by atoms with Gasteiger partial charge in [0.25, 0.3) is 0 Å². The van der Waals surface area contributed by atoms with Gasteiger partial charge in [0.1, 0.15) is 5.82 Å². The van der Waals surface area contributed by atoms with E-state index < -0.39 is 17.7 Å². The Morgan fingerprint density at radius 3 is 2.79 bits per heavy atom. The first-order valence-corrected chi connectivity index (χ1v) is 8.63. The molecule has 0 unspecified atom stereocenters. The van der Waals surface area contributed by atoms with Crippen LogP contribution < -0.4 is 5.32 Å². The van der Waals surface area contributed by atoms with Gasteiger partial charge in [0, 0.05) is 23.5 Å². The van der Waals surface area contributed by atoms with E-state index in [-0.39, 0.29) is 12.3 Å². The van der Waals surface area contributed by atoms with Crippen molar-refractivity contribution in [1.82, 2.24) is 9.78 Å². The molecule has 142 valence electrons. The fourth-order valence-corrected chi connectivity index (χ4v) is 2.47. The number of anilines is 1. The van der Waals surface area contributed by atoms with Crippen LogP contribution in [0.5, 0.6) is 0 Å². The first-order chi connectivity index (χ1) is 13.6. The number of amides is 1. The molecule has 1 heterocycles. The van der Waals surface area contributed by atoms with Crippen LogP contribution in [0.1, 0.15) is 23.0 Å². The maximum atomic E-state index is 13.6. The molecule has 0 aliphatic rings. The minimum absolute atomic E-state index is 0.198. The van der Waals surface area contributed by atoms with Crippen LogP contribution in [-0.4, -0.2) is 28.3 Å². The zero-order valence-corrected chi connectivity index (χ0v) is 15.1. The Bertz CT molecular complexity index is 1030. The summed E-state index contributed by atoms with van der Waals surface area (Å²) < 4.78 is 20.0. The third-order valence-electron chi connectivity index (χ3n) is 3.77. The van der Waals surface area contributed by atoms with Gasteiger partial charge in [0.2, 0.25) is 5.91 Å². The highest BCUT2D eigenvalue weighted by Gasteiger charge is 2.11. The molecule has 0 aliphatic heterocycles. The van der Waals surface area contributed by atoms with Crippen LogP contribution in [0.3, 0.4) is 0 Å². The Morgan fingerprint density at radius 1 is 1.18 bits per heavy atom. The number of carbonyl (C=O) groups excluding carboxylic acids is 2. The Morgan fingerprint density at radius 2 is 2.00 bits per heavy atom. The normalized spacial score (nSPS) is 10.8. The van der Waals surface area contributed by atoms with Gasteiger partial charge in [0.05, 0.1) is 12.3 Å². The van der Waals surface area contributed by atoms with Crippen molar-refractivity contribution in [2.45, 2.75) is 6.92 Å². The lowest BCUT2D eigenvalue weighted by molar-refractivity contribution is -0.111. The van der Waals surface area contributed by atoms with Gasteiger partial charge < -0.3 is 10.1 Å². The molecule has 1 amide bonds. The molecule has 6 nitrogen and oxygen atoms in total. The third kappa shape index (κ3) is 4.70.